The van der Waals surface area contributed by atoms with Crippen molar-refractivity contribution >= 4 is 95.4 Å². The van der Waals surface area contributed by atoms with Crippen molar-refractivity contribution < 1.29 is 111 Å². The molecule has 1 aliphatic heterocycles. The molecule has 0 aromatic heterocycles. The molecule has 40 heteroatoms. The molecule has 0 aliphatic carbocycles. The normalized spacial score (nSPS) is 20.0. The molecule has 1 rings (SSSR count). The van der Waals surface area contributed by atoms with Gasteiger partial charge < -0.3 is 125 Å². The molecule has 1 aliphatic rings. The zero-order valence-electron chi connectivity index (χ0n) is 74.4. The van der Waals surface area contributed by atoms with E-state index in [-0.39, 0.29) is 58.2 Å². The Labute approximate surface area is 706 Å². The molecule has 40 nitrogen and oxygen atoms in total. The third kappa shape index (κ3) is 48.6. The molecule has 0 spiro atoms. The lowest BCUT2D eigenvalue weighted by molar-refractivity contribution is -0.137. The van der Waals surface area contributed by atoms with Crippen molar-refractivity contribution in [2.75, 3.05) is 39.3 Å². The van der Waals surface area contributed by atoms with Crippen molar-refractivity contribution in [3.8, 4) is 0 Å². The lowest BCUT2D eigenvalue weighted by Crippen LogP contribution is -2.62. The summed E-state index contributed by atoms with van der Waals surface area (Å²) in [5.74, 6) is -11.7. The fourth-order valence-electron chi connectivity index (χ4n) is 11.6. The molecule has 0 unspecified atom stereocenters. The van der Waals surface area contributed by atoms with E-state index in [1.54, 1.807) is 111 Å². The van der Waals surface area contributed by atoms with E-state index < -0.39 is 247 Å². The van der Waals surface area contributed by atoms with Crippen LogP contribution < -0.4 is 90.8 Å². The van der Waals surface area contributed by atoms with Gasteiger partial charge in [0, 0.05) is 39.3 Å². The summed E-state index contributed by atoms with van der Waals surface area (Å²) in [5, 5.41) is 63.2. The number of alkyl carbamates (subject to hydrolysis) is 5. The first-order valence-corrected chi connectivity index (χ1v) is 42.0. The minimum Gasteiger partial charge on any atom is -0.444 e. The zero-order valence-corrected chi connectivity index (χ0v) is 74.4. The monoisotopic (exact) mass is 1710 g/mol. The Morgan fingerprint density at radius 3 is 1.16 bits per heavy atom. The van der Waals surface area contributed by atoms with E-state index in [1.165, 1.54) is 0 Å². The predicted molar refractivity (Wildman–Crippen MR) is 444 cm³/mol. The highest BCUT2D eigenvalue weighted by molar-refractivity contribution is 5.99. The molecule has 16 amide bonds. The molecule has 1 saturated heterocycles. The van der Waals surface area contributed by atoms with E-state index in [0.29, 0.717) is 19.3 Å². The van der Waals surface area contributed by atoms with Gasteiger partial charge in [0.15, 0.2) is 0 Å². The summed E-state index contributed by atoms with van der Waals surface area (Å²) >= 11 is 0. The predicted octanol–water partition coefficient (Wildman–Crippen LogP) is 2.54. The van der Waals surface area contributed by atoms with Crippen molar-refractivity contribution in [2.45, 2.75) is 374 Å². The minimum atomic E-state index is -1.97. The molecule has 20 N–H and O–H groups in total. The lowest BCUT2D eigenvalue weighted by Gasteiger charge is -2.29. The van der Waals surface area contributed by atoms with E-state index in [4.69, 9.17) is 29.4 Å². The molecule has 0 aromatic rings. The Bertz CT molecular complexity index is 3310. The average molecular weight is 1710 g/mol. The van der Waals surface area contributed by atoms with E-state index >= 15 is 14.4 Å². The van der Waals surface area contributed by atoms with E-state index in [2.05, 4.69) is 85.1 Å². The Kier molecular flexibility index (Phi) is 48.7. The molecular formula is C80H145N17O23. The first-order chi connectivity index (χ1) is 55.7. The molecule has 0 radical (unpaired) electrons. The minimum absolute atomic E-state index is 0.0125. The maximum Gasteiger partial charge on any atom is 0.407 e. The van der Waals surface area contributed by atoms with Crippen LogP contribution in [0.3, 0.4) is 0 Å². The van der Waals surface area contributed by atoms with Crippen molar-refractivity contribution in [1.29, 1.82) is 0 Å². The van der Waals surface area contributed by atoms with Crippen LogP contribution >= 0.6 is 0 Å². The molecule has 1 fully saturated rings. The number of amides is 16. The Balaban J connectivity index is 4.51. The van der Waals surface area contributed by atoms with Gasteiger partial charge in [0.2, 0.25) is 65.0 Å². The molecule has 688 valence electrons. The number of hydrogen-bond acceptors (Lipinski definition) is 24. The summed E-state index contributed by atoms with van der Waals surface area (Å²) < 4.78 is 26.9. The Hall–Kier alpha value is -9.60. The summed E-state index contributed by atoms with van der Waals surface area (Å²) in [6.45, 7) is 29.6. The van der Waals surface area contributed by atoms with E-state index in [0.717, 1.165) is 58.8 Å². The molecule has 0 saturated carbocycles. The highest BCUT2D eigenvalue weighted by atomic mass is 16.6. The van der Waals surface area contributed by atoms with Crippen LogP contribution in [-0.2, 0) is 76.4 Å². The molecule has 120 heavy (non-hydrogen) atoms. The van der Waals surface area contributed by atoms with Gasteiger partial charge in [0.1, 0.15) is 88.4 Å². The third-order valence-electron chi connectivity index (χ3n) is 17.6. The second-order valence-corrected chi connectivity index (χ2v) is 34.9. The van der Waals surface area contributed by atoms with Crippen molar-refractivity contribution in [3.05, 3.63) is 0 Å². The van der Waals surface area contributed by atoms with Gasteiger partial charge in [0.05, 0.1) is 18.2 Å². The van der Waals surface area contributed by atoms with Crippen LogP contribution in [0.2, 0.25) is 0 Å². The number of aliphatic hydroxyl groups is 2. The van der Waals surface area contributed by atoms with Gasteiger partial charge in [-0.25, -0.2) is 24.0 Å². The van der Waals surface area contributed by atoms with Crippen LogP contribution in [0.15, 0.2) is 0 Å². The summed E-state index contributed by atoms with van der Waals surface area (Å²) in [5.41, 5.74) is 1.43. The van der Waals surface area contributed by atoms with Gasteiger partial charge in [-0.3, -0.25) is 52.7 Å². The molecule has 13 atom stereocenters. The number of carbonyl (C=O) groups excluding carboxylic acids is 16. The van der Waals surface area contributed by atoms with Crippen LogP contribution in [0.4, 0.5) is 24.0 Å². The summed E-state index contributed by atoms with van der Waals surface area (Å²) in [7, 11) is 0. The maximum atomic E-state index is 15.4. The number of nitrogens with two attached hydrogens (primary N) is 1. The number of ether oxygens (including phenoxy) is 5. The highest BCUT2D eigenvalue weighted by Gasteiger charge is 2.39. The lowest BCUT2D eigenvalue weighted by atomic mass is 10.0. The quantitative estimate of drug-likeness (QED) is 0.0310. The standard InChI is InChI=1S/C80H145N17O23/c1-21-24-26-28-29-31-34-51-62(102)88-50(23-3)61(101)90-52(35-32-41-83-71(111)116-76(6,7)8)63(103)94-57(40-46-87-75(115)120-80(18,19)20)68(108)96-58(47(4)98)69(109)82-42-36-53(65(105)93-54(64(104)91-51)37-43-84-72(112)117-77(9,10)11)92-66(106)55(38-44-85-73(113)118-78(12,13)14)95-70(110)59(48(5)99)97-67(107)56(39-45-86-74(114)119-79(15,16)17)89-60(100)49(81)33-30-27-25-22-2/h47-59,98-99H,21-46,81H2,1-20H3,(H,82,109)(H,83,111)(H,84,112)(H,85,113)(H,86,114)(H,87,115)(H,88,102)(H,89,100)(H,90,101)(H,91,104)(H,92,106)(H,93,105)(H,94,103)(H,95,110)(H,96,108)(H,97,107)/t47-,48-,49+,50+,51-,52+,53+,54+,55+,56+,57+,58+,59+/m1/s1. The van der Waals surface area contributed by atoms with Crippen LogP contribution in [0.5, 0.6) is 0 Å². The van der Waals surface area contributed by atoms with Crippen molar-refractivity contribution in [1.82, 2.24) is 85.1 Å². The zero-order chi connectivity index (χ0) is 91.5. The first kappa shape index (κ1) is 108. The van der Waals surface area contributed by atoms with Crippen LogP contribution in [0.1, 0.15) is 267 Å². The van der Waals surface area contributed by atoms with Gasteiger partial charge in [-0.05, 0) is 182 Å². The number of rotatable bonds is 39. The second-order valence-electron chi connectivity index (χ2n) is 34.9. The maximum absolute atomic E-state index is 15.4. The third-order valence-corrected chi connectivity index (χ3v) is 17.6. The number of carbonyl (C=O) groups is 16. The number of unbranched alkanes of at least 4 members (excludes halogenated alkanes) is 8. The Morgan fingerprint density at radius 1 is 0.392 bits per heavy atom. The topological polar surface area (TPSA) is 578 Å². The summed E-state index contributed by atoms with van der Waals surface area (Å²) in [6, 6.07) is -18.3. The summed E-state index contributed by atoms with van der Waals surface area (Å²) in [4.78, 5) is 227. The molecule has 0 bridgehead atoms. The number of hydrogen-bond donors (Lipinski definition) is 19. The van der Waals surface area contributed by atoms with Gasteiger partial charge >= 0.3 is 30.5 Å². The van der Waals surface area contributed by atoms with E-state index in [1.807, 2.05) is 13.8 Å². The summed E-state index contributed by atoms with van der Waals surface area (Å²) in [6.07, 6.45) is -3.29. The number of nitrogens with one attached hydrogen (secondary N) is 16. The Morgan fingerprint density at radius 2 is 0.742 bits per heavy atom. The SMILES string of the molecule is CCCCCCCC[C@H]1NC(=O)[C@H](CCNC(=O)OC(C)(C)C)NC(=O)[C@@H](NC(=O)[C@H](CCNC(=O)OC(C)(C)C)NC(=O)[C@@H](NC(=O)[C@H](CCNC(=O)OC(C)(C)C)NC(=O)[C@@H](N)CCCCCC)[C@@H](C)O)CCNC(=O)[C@H]([C@@H](C)O)NC(=O)[C@H](CCNC(=O)OC(C)(C)C)NC(=O)[C@H](CCCNC(=O)OC(C)(C)C)NC(=O)[C@H](CC)NC1=O. The van der Waals surface area contributed by atoms with Crippen molar-refractivity contribution in [3.63, 3.8) is 0 Å². The smallest absolute Gasteiger partial charge is 0.407 e. The first-order valence-electron chi connectivity index (χ1n) is 42.0. The fraction of sp³-hybridized carbons (Fsp3) is 0.800. The van der Waals surface area contributed by atoms with Crippen LogP contribution in [-0.4, -0.2) is 252 Å². The molecule has 1 heterocycles. The van der Waals surface area contributed by atoms with Crippen molar-refractivity contribution in [2.24, 2.45) is 5.73 Å². The molecule has 0 aromatic carbocycles. The molecular weight excluding hydrogens is 1570 g/mol. The average Bonchev–Trinajstić information content (AvgIpc) is 0.996. The van der Waals surface area contributed by atoms with E-state index in [9.17, 15) is 72.5 Å². The fourth-order valence-corrected chi connectivity index (χ4v) is 11.6. The van der Waals surface area contributed by atoms with Gasteiger partial charge in [-0.15, -0.1) is 0 Å². The van der Waals surface area contributed by atoms with Gasteiger partial charge in [0.25, 0.3) is 0 Å². The second kappa shape index (κ2) is 53.9. The van der Waals surface area contributed by atoms with Crippen LogP contribution in [0, 0.1) is 0 Å². The largest absolute Gasteiger partial charge is 0.444 e. The van der Waals surface area contributed by atoms with Gasteiger partial charge in [-0.2, -0.15) is 0 Å². The highest BCUT2D eigenvalue weighted by Crippen LogP contribution is 2.17. The van der Waals surface area contributed by atoms with Gasteiger partial charge in [-0.1, -0.05) is 85.0 Å². The number of aliphatic hydroxyl groups excluding tert-OH is 2. The van der Waals surface area contributed by atoms with Crippen LogP contribution in [0.25, 0.3) is 0 Å².